The number of fused-ring (bicyclic) bond motifs is 1. The van der Waals surface area contributed by atoms with E-state index in [1.54, 1.807) is 12.1 Å². The molecular formula is C23H23FN6O. The van der Waals surface area contributed by atoms with Crippen LogP contribution in [0.4, 0.5) is 16.0 Å². The summed E-state index contributed by atoms with van der Waals surface area (Å²) < 4.78 is 13.2. The summed E-state index contributed by atoms with van der Waals surface area (Å²) in [7, 11) is 0. The van der Waals surface area contributed by atoms with Gasteiger partial charge in [-0.05, 0) is 50.2 Å². The second-order valence-corrected chi connectivity index (χ2v) is 7.79. The van der Waals surface area contributed by atoms with Gasteiger partial charge in [-0.2, -0.15) is 10.1 Å². The normalized spacial score (nSPS) is 18.7. The molecular weight excluding hydrogens is 395 g/mol. The fourth-order valence-corrected chi connectivity index (χ4v) is 4.22. The Morgan fingerprint density at radius 1 is 1.03 bits per heavy atom. The van der Waals surface area contributed by atoms with Gasteiger partial charge in [0, 0.05) is 37.6 Å². The van der Waals surface area contributed by atoms with E-state index in [4.69, 9.17) is 0 Å². The highest BCUT2D eigenvalue weighted by Gasteiger charge is 2.34. The van der Waals surface area contributed by atoms with E-state index in [0.717, 1.165) is 48.6 Å². The van der Waals surface area contributed by atoms with Crippen molar-refractivity contribution in [3.63, 3.8) is 0 Å². The first-order valence-corrected chi connectivity index (χ1v) is 10.3. The maximum atomic E-state index is 13.2. The second kappa shape index (κ2) is 7.54. The smallest absolute Gasteiger partial charge is 0.285 e. The minimum Gasteiger partial charge on any atom is -0.371 e. The van der Waals surface area contributed by atoms with Gasteiger partial charge >= 0.3 is 0 Å². The Balaban J connectivity index is 1.34. The Kier molecular flexibility index (Phi) is 4.69. The molecule has 31 heavy (non-hydrogen) atoms. The molecule has 1 fully saturated rings. The summed E-state index contributed by atoms with van der Waals surface area (Å²) in [6.45, 7) is 6.98. The molecule has 158 valence electrons. The molecule has 1 N–H and O–H groups in total. The SMILES string of the molecule is CC1=NN(c2nc3ccccc3[nH]2)C(=O)C1=C(C)N1CCN(c2ccc(F)cc2)CC1. The van der Waals surface area contributed by atoms with Crippen LogP contribution in [0, 0.1) is 5.82 Å². The Morgan fingerprint density at radius 2 is 1.74 bits per heavy atom. The topological polar surface area (TPSA) is 67.8 Å². The zero-order valence-corrected chi connectivity index (χ0v) is 17.5. The standard InChI is InChI=1S/C23H23FN6O/c1-15-21(22(31)30(27-15)23-25-19-5-3-4-6-20(19)26-23)16(2)28-11-13-29(14-12-28)18-9-7-17(24)8-10-18/h3-10H,11-14H2,1-2H3,(H,25,26). The van der Waals surface area contributed by atoms with Crippen LogP contribution in [0.25, 0.3) is 11.0 Å². The molecule has 3 aromatic rings. The van der Waals surface area contributed by atoms with Crippen molar-refractivity contribution < 1.29 is 9.18 Å². The number of allylic oxidation sites excluding steroid dienone is 1. The van der Waals surface area contributed by atoms with Crippen molar-refractivity contribution in [2.45, 2.75) is 13.8 Å². The summed E-state index contributed by atoms with van der Waals surface area (Å²) in [5.74, 6) is 0.0241. The van der Waals surface area contributed by atoms with E-state index >= 15 is 0 Å². The van der Waals surface area contributed by atoms with Crippen molar-refractivity contribution in [1.82, 2.24) is 14.9 Å². The van der Waals surface area contributed by atoms with Gasteiger partial charge in [0.1, 0.15) is 5.82 Å². The number of rotatable bonds is 3. The molecule has 1 saturated heterocycles. The summed E-state index contributed by atoms with van der Waals surface area (Å²) in [6, 6.07) is 14.2. The highest BCUT2D eigenvalue weighted by atomic mass is 19.1. The Morgan fingerprint density at radius 3 is 2.45 bits per heavy atom. The van der Waals surface area contributed by atoms with Crippen LogP contribution in [0.3, 0.4) is 0 Å². The van der Waals surface area contributed by atoms with Crippen LogP contribution < -0.4 is 9.91 Å². The lowest BCUT2D eigenvalue weighted by Gasteiger charge is -2.38. The molecule has 0 bridgehead atoms. The predicted molar refractivity (Wildman–Crippen MR) is 120 cm³/mol. The van der Waals surface area contributed by atoms with Gasteiger partial charge in [0.15, 0.2) is 0 Å². The number of halogens is 1. The minimum atomic E-state index is -0.230. The number of amides is 1. The summed E-state index contributed by atoms with van der Waals surface area (Å²) in [4.78, 5) is 25.3. The predicted octanol–water partition coefficient (Wildman–Crippen LogP) is 3.52. The molecule has 2 aliphatic rings. The van der Waals surface area contributed by atoms with Crippen molar-refractivity contribution in [2.75, 3.05) is 36.1 Å². The van der Waals surface area contributed by atoms with E-state index in [1.165, 1.54) is 17.1 Å². The number of para-hydroxylation sites is 2. The maximum absolute atomic E-state index is 13.2. The van der Waals surface area contributed by atoms with Crippen LogP contribution in [-0.4, -0.2) is 52.7 Å². The zero-order valence-electron chi connectivity index (χ0n) is 17.5. The number of aromatic amines is 1. The molecule has 5 rings (SSSR count). The zero-order chi connectivity index (χ0) is 21.5. The van der Waals surface area contributed by atoms with E-state index < -0.39 is 0 Å². The average molecular weight is 418 g/mol. The molecule has 0 aliphatic carbocycles. The van der Waals surface area contributed by atoms with E-state index in [1.807, 2.05) is 38.1 Å². The van der Waals surface area contributed by atoms with Gasteiger partial charge in [-0.3, -0.25) is 4.79 Å². The number of anilines is 2. The lowest BCUT2D eigenvalue weighted by molar-refractivity contribution is -0.114. The van der Waals surface area contributed by atoms with E-state index in [-0.39, 0.29) is 11.7 Å². The average Bonchev–Trinajstić information content (AvgIpc) is 3.34. The molecule has 0 spiro atoms. The third kappa shape index (κ3) is 3.43. The van der Waals surface area contributed by atoms with Crippen molar-refractivity contribution in [1.29, 1.82) is 0 Å². The number of aromatic nitrogens is 2. The third-order valence-corrected chi connectivity index (χ3v) is 5.90. The first-order valence-electron chi connectivity index (χ1n) is 10.3. The Hall–Kier alpha value is -3.68. The quantitative estimate of drug-likeness (QED) is 0.661. The van der Waals surface area contributed by atoms with Gasteiger partial charge in [0.25, 0.3) is 5.91 Å². The summed E-state index contributed by atoms with van der Waals surface area (Å²) >= 11 is 0. The number of hydrogen-bond acceptors (Lipinski definition) is 5. The molecule has 3 heterocycles. The molecule has 0 unspecified atom stereocenters. The van der Waals surface area contributed by atoms with Crippen LogP contribution >= 0.6 is 0 Å². The lowest BCUT2D eigenvalue weighted by Crippen LogP contribution is -2.46. The molecule has 0 atom stereocenters. The highest BCUT2D eigenvalue weighted by molar-refractivity contribution is 6.29. The fourth-order valence-electron chi connectivity index (χ4n) is 4.22. The minimum absolute atomic E-state index is 0.171. The number of piperazine rings is 1. The van der Waals surface area contributed by atoms with Gasteiger partial charge in [0.05, 0.1) is 22.3 Å². The number of hydrazone groups is 1. The van der Waals surface area contributed by atoms with Crippen molar-refractivity contribution in [3.8, 4) is 0 Å². The first-order chi connectivity index (χ1) is 15.0. The van der Waals surface area contributed by atoms with Crippen molar-refractivity contribution in [3.05, 3.63) is 65.6 Å². The van der Waals surface area contributed by atoms with Crippen molar-refractivity contribution >= 4 is 34.3 Å². The van der Waals surface area contributed by atoms with Crippen LogP contribution in [0.1, 0.15) is 13.8 Å². The largest absolute Gasteiger partial charge is 0.371 e. The van der Waals surface area contributed by atoms with E-state index in [2.05, 4.69) is 24.9 Å². The molecule has 7 nitrogen and oxygen atoms in total. The highest BCUT2D eigenvalue weighted by Crippen LogP contribution is 2.27. The third-order valence-electron chi connectivity index (χ3n) is 5.90. The number of hydrogen-bond donors (Lipinski definition) is 1. The van der Waals surface area contributed by atoms with Gasteiger partial charge in [0.2, 0.25) is 5.95 Å². The molecule has 2 aliphatic heterocycles. The van der Waals surface area contributed by atoms with Gasteiger partial charge < -0.3 is 14.8 Å². The molecule has 2 aromatic carbocycles. The second-order valence-electron chi connectivity index (χ2n) is 7.79. The van der Waals surface area contributed by atoms with Crippen LogP contribution in [-0.2, 0) is 4.79 Å². The first kappa shape index (κ1) is 19.3. The van der Waals surface area contributed by atoms with Gasteiger partial charge in [-0.1, -0.05) is 12.1 Å². The number of imidazole rings is 1. The number of benzene rings is 2. The number of nitrogens with zero attached hydrogens (tertiary/aromatic N) is 5. The molecule has 0 saturated carbocycles. The lowest BCUT2D eigenvalue weighted by atomic mass is 10.1. The summed E-state index contributed by atoms with van der Waals surface area (Å²) in [6.07, 6.45) is 0. The molecule has 8 heteroatoms. The van der Waals surface area contributed by atoms with Crippen LogP contribution in [0.5, 0.6) is 0 Å². The molecule has 1 aromatic heterocycles. The van der Waals surface area contributed by atoms with Crippen LogP contribution in [0.15, 0.2) is 64.9 Å². The van der Waals surface area contributed by atoms with Gasteiger partial charge in [-0.25, -0.2) is 9.37 Å². The fraction of sp³-hybridized carbons (Fsp3) is 0.261. The Bertz CT molecular complexity index is 1170. The number of H-pyrrole nitrogens is 1. The van der Waals surface area contributed by atoms with E-state index in [9.17, 15) is 9.18 Å². The number of carbonyl (C=O) groups is 1. The number of carbonyl (C=O) groups excluding carboxylic acids is 1. The van der Waals surface area contributed by atoms with Gasteiger partial charge in [-0.15, -0.1) is 0 Å². The summed E-state index contributed by atoms with van der Waals surface area (Å²) in [5.41, 5.74) is 4.90. The maximum Gasteiger partial charge on any atom is 0.285 e. The van der Waals surface area contributed by atoms with E-state index in [0.29, 0.717) is 17.2 Å². The number of nitrogens with one attached hydrogen (secondary N) is 1. The molecule has 1 amide bonds. The Labute approximate surface area is 179 Å². The van der Waals surface area contributed by atoms with Crippen molar-refractivity contribution in [2.24, 2.45) is 5.10 Å². The molecule has 0 radical (unpaired) electrons. The summed E-state index contributed by atoms with van der Waals surface area (Å²) in [5, 5.41) is 5.83. The monoisotopic (exact) mass is 418 g/mol. The van der Waals surface area contributed by atoms with Crippen LogP contribution in [0.2, 0.25) is 0 Å².